The number of rotatable bonds is 8. The topological polar surface area (TPSA) is 112 Å². The van der Waals surface area contributed by atoms with Crippen molar-refractivity contribution in [2.75, 3.05) is 33.1 Å². The van der Waals surface area contributed by atoms with Crippen LogP contribution in [0.4, 0.5) is 15.3 Å². The first kappa shape index (κ1) is 28.0. The van der Waals surface area contributed by atoms with E-state index in [1.54, 1.807) is 43.3 Å². The third-order valence-corrected chi connectivity index (χ3v) is 5.28. The maximum Gasteiger partial charge on any atom is 0.488 e. The average molecular weight is 485 g/mol. The van der Waals surface area contributed by atoms with Gasteiger partial charge >= 0.3 is 19.2 Å². The number of carbonyl (C=O) groups is 2. The lowest BCUT2D eigenvalue weighted by atomic mass is 9.79. The van der Waals surface area contributed by atoms with E-state index in [1.807, 2.05) is 45.9 Å². The Hall–Kier alpha value is -3.24. The first-order valence-corrected chi connectivity index (χ1v) is 11.4. The second-order valence-corrected chi connectivity index (χ2v) is 9.62. The van der Waals surface area contributed by atoms with Crippen molar-refractivity contribution >= 4 is 30.4 Å². The Morgan fingerprint density at radius 2 is 1.77 bits per heavy atom. The Bertz CT molecular complexity index is 1020. The molecule has 0 fully saturated rings. The van der Waals surface area contributed by atoms with E-state index in [0.29, 0.717) is 30.0 Å². The highest BCUT2D eigenvalue weighted by Crippen LogP contribution is 2.26. The molecular weight excluding hydrogens is 449 g/mol. The SMILES string of the molecule is COc1cc(B(O)O)ccc1[C@@H](C)CN(C)C(=O)Nc1cccc(CN(C)C(=O)OC(C)(C)C)c1. The van der Waals surface area contributed by atoms with E-state index in [-0.39, 0.29) is 11.9 Å². The molecule has 0 aliphatic rings. The quantitative estimate of drug-likeness (QED) is 0.496. The number of anilines is 1. The normalized spacial score (nSPS) is 11.9. The van der Waals surface area contributed by atoms with E-state index in [4.69, 9.17) is 9.47 Å². The van der Waals surface area contributed by atoms with Gasteiger partial charge in [0.05, 0.1) is 7.11 Å². The number of methoxy groups -OCH3 is 1. The van der Waals surface area contributed by atoms with E-state index in [9.17, 15) is 19.6 Å². The summed E-state index contributed by atoms with van der Waals surface area (Å²) in [5, 5.41) is 21.7. The molecular formula is C25H36BN3O6. The minimum atomic E-state index is -1.58. The third kappa shape index (κ3) is 8.49. The number of carbonyl (C=O) groups excluding carboxylic acids is 2. The Labute approximate surface area is 207 Å². The lowest BCUT2D eigenvalue weighted by Crippen LogP contribution is -2.35. The van der Waals surface area contributed by atoms with Crippen LogP contribution < -0.4 is 15.5 Å². The lowest BCUT2D eigenvalue weighted by Gasteiger charge is -2.25. The van der Waals surface area contributed by atoms with Crippen molar-refractivity contribution in [1.82, 2.24) is 9.80 Å². The van der Waals surface area contributed by atoms with Crippen molar-refractivity contribution in [2.24, 2.45) is 0 Å². The maximum absolute atomic E-state index is 12.8. The largest absolute Gasteiger partial charge is 0.496 e. The van der Waals surface area contributed by atoms with Gasteiger partial charge in [-0.15, -0.1) is 0 Å². The minimum absolute atomic E-state index is 0.0700. The maximum atomic E-state index is 12.8. The molecule has 0 bridgehead atoms. The van der Waals surface area contributed by atoms with E-state index >= 15 is 0 Å². The number of ether oxygens (including phenoxy) is 2. The van der Waals surface area contributed by atoms with E-state index in [1.165, 1.54) is 12.0 Å². The molecule has 10 heteroatoms. The molecule has 2 aromatic rings. The molecule has 2 aromatic carbocycles. The summed E-state index contributed by atoms with van der Waals surface area (Å²) in [6.07, 6.45) is -0.419. The molecule has 35 heavy (non-hydrogen) atoms. The zero-order chi connectivity index (χ0) is 26.3. The van der Waals surface area contributed by atoms with Gasteiger partial charge in [-0.3, -0.25) is 0 Å². The van der Waals surface area contributed by atoms with Gasteiger partial charge in [-0.05, 0) is 55.6 Å². The summed E-state index contributed by atoms with van der Waals surface area (Å²) in [4.78, 5) is 28.1. The highest BCUT2D eigenvalue weighted by molar-refractivity contribution is 6.58. The Kier molecular flexibility index (Phi) is 9.56. The number of nitrogens with zero attached hydrogens (tertiary/aromatic N) is 2. The summed E-state index contributed by atoms with van der Waals surface area (Å²) in [5.74, 6) is 0.457. The van der Waals surface area contributed by atoms with Crippen LogP contribution in [0.3, 0.4) is 0 Å². The molecule has 0 unspecified atom stereocenters. The van der Waals surface area contributed by atoms with Crippen LogP contribution in [0.5, 0.6) is 5.75 Å². The third-order valence-electron chi connectivity index (χ3n) is 5.28. The second kappa shape index (κ2) is 11.9. The van der Waals surface area contributed by atoms with Gasteiger partial charge in [0.1, 0.15) is 11.4 Å². The van der Waals surface area contributed by atoms with Crippen LogP contribution in [0, 0.1) is 0 Å². The number of amides is 3. The van der Waals surface area contributed by atoms with Gasteiger partial charge in [-0.2, -0.15) is 0 Å². The highest BCUT2D eigenvalue weighted by Gasteiger charge is 2.21. The predicted octanol–water partition coefficient (Wildman–Crippen LogP) is 3.01. The number of nitrogens with one attached hydrogen (secondary N) is 1. The van der Waals surface area contributed by atoms with Crippen LogP contribution in [0.15, 0.2) is 42.5 Å². The standard InChI is InChI=1S/C25H36BN3O6/c1-17(21-12-11-19(26(32)33)14-22(21)34-7)15-28(5)23(30)27-20-10-8-9-18(13-20)16-29(6)24(31)35-25(2,3)4/h8-14,17,32-33H,15-16H2,1-7H3,(H,27,30)/t17-/m0/s1. The minimum Gasteiger partial charge on any atom is -0.496 e. The molecule has 0 aliphatic carbocycles. The van der Waals surface area contributed by atoms with Crippen molar-refractivity contribution < 1.29 is 29.1 Å². The van der Waals surface area contributed by atoms with Crippen LogP contribution in [-0.4, -0.2) is 72.4 Å². The Morgan fingerprint density at radius 1 is 1.09 bits per heavy atom. The van der Waals surface area contributed by atoms with Crippen molar-refractivity contribution in [3.8, 4) is 5.75 Å². The van der Waals surface area contributed by atoms with Crippen molar-refractivity contribution in [3.05, 3.63) is 53.6 Å². The van der Waals surface area contributed by atoms with Crippen LogP contribution in [-0.2, 0) is 11.3 Å². The molecule has 0 radical (unpaired) electrons. The van der Waals surface area contributed by atoms with Gasteiger partial charge in [0.2, 0.25) is 0 Å². The zero-order valence-corrected chi connectivity index (χ0v) is 21.5. The fourth-order valence-electron chi connectivity index (χ4n) is 3.53. The molecule has 190 valence electrons. The van der Waals surface area contributed by atoms with Crippen molar-refractivity contribution in [3.63, 3.8) is 0 Å². The highest BCUT2D eigenvalue weighted by atomic mass is 16.6. The smallest absolute Gasteiger partial charge is 0.488 e. The van der Waals surface area contributed by atoms with Gasteiger partial charge in [0.25, 0.3) is 0 Å². The number of hydrogen-bond acceptors (Lipinski definition) is 6. The lowest BCUT2D eigenvalue weighted by molar-refractivity contribution is 0.0285. The first-order chi connectivity index (χ1) is 16.3. The molecule has 0 saturated heterocycles. The van der Waals surface area contributed by atoms with E-state index in [2.05, 4.69) is 5.32 Å². The summed E-state index contributed by atoms with van der Waals surface area (Å²) in [6.45, 7) is 8.16. The van der Waals surface area contributed by atoms with Gasteiger partial charge in [0.15, 0.2) is 0 Å². The van der Waals surface area contributed by atoms with Crippen LogP contribution in [0.2, 0.25) is 0 Å². The van der Waals surface area contributed by atoms with Gasteiger partial charge in [0, 0.05) is 38.8 Å². The molecule has 0 spiro atoms. The molecule has 3 amide bonds. The van der Waals surface area contributed by atoms with Crippen LogP contribution in [0.25, 0.3) is 0 Å². The molecule has 0 saturated carbocycles. The number of likely N-dealkylation sites (N-methyl/N-ethyl adjacent to an activating group) is 1. The van der Waals surface area contributed by atoms with E-state index in [0.717, 1.165) is 11.1 Å². The predicted molar refractivity (Wildman–Crippen MR) is 137 cm³/mol. The van der Waals surface area contributed by atoms with Crippen LogP contribution in [0.1, 0.15) is 44.7 Å². The summed E-state index contributed by atoms with van der Waals surface area (Å²) in [5.41, 5.74) is 2.08. The molecule has 3 N–H and O–H groups in total. The fourth-order valence-corrected chi connectivity index (χ4v) is 3.53. The summed E-state index contributed by atoms with van der Waals surface area (Å²) in [6, 6.07) is 12.0. The second-order valence-electron chi connectivity index (χ2n) is 9.62. The number of benzene rings is 2. The fraction of sp³-hybridized carbons (Fsp3) is 0.440. The monoisotopic (exact) mass is 485 g/mol. The Balaban J connectivity index is 2.01. The average Bonchev–Trinajstić information content (AvgIpc) is 2.77. The summed E-state index contributed by atoms with van der Waals surface area (Å²) in [7, 11) is 3.30. The van der Waals surface area contributed by atoms with Crippen molar-refractivity contribution in [1.29, 1.82) is 0 Å². The number of urea groups is 1. The summed E-state index contributed by atoms with van der Waals surface area (Å²) >= 11 is 0. The zero-order valence-electron chi connectivity index (χ0n) is 21.5. The molecule has 2 rings (SSSR count). The van der Waals surface area contributed by atoms with E-state index < -0.39 is 18.8 Å². The Morgan fingerprint density at radius 3 is 2.37 bits per heavy atom. The van der Waals surface area contributed by atoms with Crippen LogP contribution >= 0.6 is 0 Å². The molecule has 0 aliphatic heterocycles. The van der Waals surface area contributed by atoms with Gasteiger partial charge in [-0.1, -0.05) is 31.2 Å². The molecule has 0 heterocycles. The van der Waals surface area contributed by atoms with Gasteiger partial charge in [-0.25, -0.2) is 9.59 Å². The number of hydrogen-bond donors (Lipinski definition) is 3. The molecule has 0 aromatic heterocycles. The summed E-state index contributed by atoms with van der Waals surface area (Å²) < 4.78 is 10.8. The van der Waals surface area contributed by atoms with Crippen molar-refractivity contribution in [2.45, 2.75) is 45.8 Å². The molecule has 9 nitrogen and oxygen atoms in total. The molecule has 1 atom stereocenters. The van der Waals surface area contributed by atoms with Gasteiger partial charge < -0.3 is 34.6 Å². The first-order valence-electron chi connectivity index (χ1n) is 11.4.